The monoisotopic (exact) mass is 331 g/mol. The van der Waals surface area contributed by atoms with Crippen molar-refractivity contribution in [1.82, 2.24) is 9.88 Å². The van der Waals surface area contributed by atoms with Crippen molar-refractivity contribution in [3.63, 3.8) is 0 Å². The summed E-state index contributed by atoms with van der Waals surface area (Å²) in [6.45, 7) is 5.78. The molecule has 2 saturated heterocycles. The highest BCUT2D eigenvalue weighted by molar-refractivity contribution is 7.14. The molecule has 23 heavy (non-hydrogen) atoms. The van der Waals surface area contributed by atoms with Gasteiger partial charge in [0.15, 0.2) is 5.13 Å². The molecule has 0 bridgehead atoms. The standard InChI is InChI=1S/C18H22FN3S/c1-13-4-2-3-9-22(13)16-10-21(11-16)18-20-17(12-23-18)14-5-7-15(19)8-6-14/h5-8,12-13,16H,2-4,9-11H2,1H3/t13-/m0/s1. The molecule has 2 aliphatic heterocycles. The molecular weight excluding hydrogens is 309 g/mol. The molecular formula is C18H22FN3S. The number of piperidine rings is 1. The Labute approximate surface area is 140 Å². The molecule has 3 heterocycles. The van der Waals surface area contributed by atoms with Crippen molar-refractivity contribution in [2.24, 2.45) is 0 Å². The predicted octanol–water partition coefficient (Wildman–Crippen LogP) is 4.01. The Morgan fingerprint density at radius 3 is 2.70 bits per heavy atom. The van der Waals surface area contributed by atoms with Crippen molar-refractivity contribution in [2.75, 3.05) is 24.5 Å². The van der Waals surface area contributed by atoms with E-state index in [2.05, 4.69) is 22.1 Å². The fraction of sp³-hybridized carbons (Fsp3) is 0.500. The van der Waals surface area contributed by atoms with Crippen LogP contribution in [0.2, 0.25) is 0 Å². The van der Waals surface area contributed by atoms with Crippen LogP contribution in [0, 0.1) is 5.82 Å². The molecule has 2 aliphatic rings. The number of hydrogen-bond donors (Lipinski definition) is 0. The van der Waals surface area contributed by atoms with Gasteiger partial charge in [0.25, 0.3) is 0 Å². The molecule has 1 aromatic carbocycles. The lowest BCUT2D eigenvalue weighted by Gasteiger charge is -2.49. The number of halogens is 1. The van der Waals surface area contributed by atoms with Crippen LogP contribution in [0.5, 0.6) is 0 Å². The topological polar surface area (TPSA) is 19.4 Å². The Morgan fingerprint density at radius 2 is 1.96 bits per heavy atom. The van der Waals surface area contributed by atoms with E-state index in [-0.39, 0.29) is 5.82 Å². The second-order valence-corrected chi connectivity index (χ2v) is 7.50. The molecule has 5 heteroatoms. The van der Waals surface area contributed by atoms with Gasteiger partial charge in [-0.2, -0.15) is 0 Å². The summed E-state index contributed by atoms with van der Waals surface area (Å²) in [5.41, 5.74) is 1.93. The molecule has 2 aromatic rings. The molecule has 0 spiro atoms. The first kappa shape index (κ1) is 15.1. The quantitative estimate of drug-likeness (QED) is 0.847. The van der Waals surface area contributed by atoms with Gasteiger partial charge in [-0.05, 0) is 50.6 Å². The second-order valence-electron chi connectivity index (χ2n) is 6.66. The second kappa shape index (κ2) is 6.21. The third kappa shape index (κ3) is 3.00. The van der Waals surface area contributed by atoms with Crippen molar-refractivity contribution in [3.8, 4) is 11.3 Å². The average Bonchev–Trinajstić information content (AvgIpc) is 2.98. The van der Waals surface area contributed by atoms with Crippen molar-refractivity contribution >= 4 is 16.5 Å². The number of thiazole rings is 1. The molecule has 0 aliphatic carbocycles. The highest BCUT2D eigenvalue weighted by Gasteiger charge is 2.36. The maximum Gasteiger partial charge on any atom is 0.185 e. The summed E-state index contributed by atoms with van der Waals surface area (Å²) in [5.74, 6) is -0.203. The van der Waals surface area contributed by atoms with E-state index in [1.54, 1.807) is 23.5 Å². The van der Waals surface area contributed by atoms with Crippen LogP contribution >= 0.6 is 11.3 Å². The summed E-state index contributed by atoms with van der Waals surface area (Å²) in [5, 5.41) is 3.16. The molecule has 0 unspecified atom stereocenters. The van der Waals surface area contributed by atoms with Crippen LogP contribution in [-0.4, -0.2) is 41.6 Å². The number of likely N-dealkylation sites (tertiary alicyclic amines) is 1. The third-order valence-corrected chi connectivity index (χ3v) is 5.99. The van der Waals surface area contributed by atoms with Gasteiger partial charge in [0.1, 0.15) is 5.82 Å². The lowest BCUT2D eigenvalue weighted by Crippen LogP contribution is -2.62. The minimum atomic E-state index is -0.203. The maximum absolute atomic E-state index is 13.0. The fourth-order valence-electron chi connectivity index (χ4n) is 3.65. The highest BCUT2D eigenvalue weighted by Crippen LogP contribution is 2.32. The van der Waals surface area contributed by atoms with Gasteiger partial charge in [-0.1, -0.05) is 6.42 Å². The smallest absolute Gasteiger partial charge is 0.185 e. The molecule has 0 radical (unpaired) electrons. The summed E-state index contributed by atoms with van der Waals surface area (Å²) >= 11 is 1.68. The van der Waals surface area contributed by atoms with E-state index in [1.807, 2.05) is 0 Å². The van der Waals surface area contributed by atoms with E-state index in [1.165, 1.54) is 37.9 Å². The van der Waals surface area contributed by atoms with Crippen LogP contribution in [-0.2, 0) is 0 Å². The normalized spacial score (nSPS) is 23.0. The first-order chi connectivity index (χ1) is 11.2. The van der Waals surface area contributed by atoms with Gasteiger partial charge >= 0.3 is 0 Å². The van der Waals surface area contributed by atoms with Gasteiger partial charge in [-0.3, -0.25) is 4.90 Å². The lowest BCUT2D eigenvalue weighted by atomic mass is 9.98. The zero-order chi connectivity index (χ0) is 15.8. The SMILES string of the molecule is C[C@H]1CCCCN1C1CN(c2nc(-c3ccc(F)cc3)cs2)C1. The molecule has 0 N–H and O–H groups in total. The first-order valence-corrected chi connectivity index (χ1v) is 9.31. The van der Waals surface area contributed by atoms with Gasteiger partial charge in [0.05, 0.1) is 5.69 Å². The number of hydrogen-bond acceptors (Lipinski definition) is 4. The van der Waals surface area contributed by atoms with E-state index in [0.29, 0.717) is 6.04 Å². The van der Waals surface area contributed by atoms with E-state index in [0.717, 1.165) is 35.5 Å². The number of aromatic nitrogens is 1. The summed E-state index contributed by atoms with van der Waals surface area (Å²) in [6, 6.07) is 7.98. The largest absolute Gasteiger partial charge is 0.345 e. The molecule has 122 valence electrons. The Morgan fingerprint density at radius 1 is 1.17 bits per heavy atom. The van der Waals surface area contributed by atoms with E-state index < -0.39 is 0 Å². The zero-order valence-corrected chi connectivity index (χ0v) is 14.2. The number of anilines is 1. The summed E-state index contributed by atoms with van der Waals surface area (Å²) < 4.78 is 13.0. The van der Waals surface area contributed by atoms with E-state index >= 15 is 0 Å². The van der Waals surface area contributed by atoms with Crippen molar-refractivity contribution in [1.29, 1.82) is 0 Å². The van der Waals surface area contributed by atoms with Gasteiger partial charge < -0.3 is 4.90 Å². The minimum absolute atomic E-state index is 0.203. The van der Waals surface area contributed by atoms with Crippen LogP contribution in [0.15, 0.2) is 29.6 Å². The van der Waals surface area contributed by atoms with E-state index in [4.69, 9.17) is 4.98 Å². The first-order valence-electron chi connectivity index (χ1n) is 8.43. The maximum atomic E-state index is 13.0. The van der Waals surface area contributed by atoms with Crippen LogP contribution in [0.25, 0.3) is 11.3 Å². The predicted molar refractivity (Wildman–Crippen MR) is 93.5 cm³/mol. The third-order valence-electron chi connectivity index (χ3n) is 5.09. The van der Waals surface area contributed by atoms with Crippen LogP contribution in [0.1, 0.15) is 26.2 Å². The van der Waals surface area contributed by atoms with Crippen LogP contribution < -0.4 is 4.90 Å². The van der Waals surface area contributed by atoms with E-state index in [9.17, 15) is 4.39 Å². The molecule has 4 rings (SSSR count). The molecule has 2 fully saturated rings. The Balaban J connectivity index is 1.40. The summed E-state index contributed by atoms with van der Waals surface area (Å²) in [6.07, 6.45) is 4.05. The molecule has 0 saturated carbocycles. The Kier molecular flexibility index (Phi) is 4.07. The van der Waals surface area contributed by atoms with Gasteiger partial charge in [-0.25, -0.2) is 9.37 Å². The Hall–Kier alpha value is -1.46. The van der Waals surface area contributed by atoms with Gasteiger partial charge in [0, 0.05) is 36.1 Å². The lowest BCUT2D eigenvalue weighted by molar-refractivity contribution is 0.0876. The van der Waals surface area contributed by atoms with Crippen molar-refractivity contribution in [3.05, 3.63) is 35.5 Å². The highest BCUT2D eigenvalue weighted by atomic mass is 32.1. The summed E-state index contributed by atoms with van der Waals surface area (Å²) in [4.78, 5) is 9.77. The zero-order valence-electron chi connectivity index (χ0n) is 13.4. The van der Waals surface area contributed by atoms with Gasteiger partial charge in [0.2, 0.25) is 0 Å². The number of benzene rings is 1. The van der Waals surface area contributed by atoms with Gasteiger partial charge in [-0.15, -0.1) is 11.3 Å². The molecule has 3 nitrogen and oxygen atoms in total. The molecule has 1 atom stereocenters. The van der Waals surface area contributed by atoms with Crippen molar-refractivity contribution < 1.29 is 4.39 Å². The molecule has 1 aromatic heterocycles. The average molecular weight is 331 g/mol. The van der Waals surface area contributed by atoms with Crippen molar-refractivity contribution in [2.45, 2.75) is 38.3 Å². The summed E-state index contributed by atoms with van der Waals surface area (Å²) in [7, 11) is 0. The minimum Gasteiger partial charge on any atom is -0.345 e. The molecule has 0 amide bonds. The number of nitrogens with zero attached hydrogens (tertiary/aromatic N) is 3. The van der Waals surface area contributed by atoms with Crippen LogP contribution in [0.3, 0.4) is 0 Å². The van der Waals surface area contributed by atoms with Crippen LogP contribution in [0.4, 0.5) is 9.52 Å². The number of rotatable bonds is 3. The fourth-order valence-corrected chi connectivity index (χ4v) is 4.50. The Bertz CT molecular complexity index is 663.